The lowest BCUT2D eigenvalue weighted by Gasteiger charge is -2.60. The van der Waals surface area contributed by atoms with Crippen molar-refractivity contribution in [3.63, 3.8) is 0 Å². The third-order valence-electron chi connectivity index (χ3n) is 5.91. The minimum Gasteiger partial charge on any atom is -0.330 e. The predicted octanol–water partition coefficient (Wildman–Crippen LogP) is 2.30. The van der Waals surface area contributed by atoms with E-state index in [0.717, 1.165) is 6.42 Å². The molecular weight excluding hydrogens is 300 g/mol. The van der Waals surface area contributed by atoms with Crippen LogP contribution in [-0.2, 0) is 10.1 Å². The van der Waals surface area contributed by atoms with Crippen molar-refractivity contribution >= 4 is 10.1 Å². The van der Waals surface area contributed by atoms with E-state index >= 15 is 0 Å². The summed E-state index contributed by atoms with van der Waals surface area (Å²) in [4.78, 5) is 0. The molecule has 5 atom stereocenters. The maximum atomic E-state index is 14.2. The van der Waals surface area contributed by atoms with Gasteiger partial charge in [0.05, 0.1) is 5.75 Å². The standard InChI is InChI=1S/C14H23F2NO3S/c15-14(16)11-1-9-2-12(14)6-13(3-9,5-11)4-10(7-17)8-21(18,19)20/h9-12H,1-8,17H2,(H,18,19,20)/t9?,10?,11-,12+,13?. The van der Waals surface area contributed by atoms with Crippen LogP contribution in [0.15, 0.2) is 0 Å². The van der Waals surface area contributed by atoms with Crippen LogP contribution in [0, 0.1) is 29.1 Å². The van der Waals surface area contributed by atoms with Crippen molar-refractivity contribution in [3.8, 4) is 0 Å². The molecule has 0 spiro atoms. The Morgan fingerprint density at radius 1 is 1.19 bits per heavy atom. The summed E-state index contributed by atoms with van der Waals surface area (Å²) < 4.78 is 59.6. The Hall–Kier alpha value is -0.270. The molecule has 0 radical (unpaired) electrons. The van der Waals surface area contributed by atoms with Gasteiger partial charge in [-0.2, -0.15) is 8.42 Å². The van der Waals surface area contributed by atoms with Gasteiger partial charge in [-0.3, -0.25) is 4.55 Å². The SMILES string of the molecule is NCC(CC12CC3C[C@H](C1)C(F)(F)[C@@H](C3)C2)CS(=O)(=O)O. The van der Waals surface area contributed by atoms with E-state index in [4.69, 9.17) is 10.3 Å². The minimum absolute atomic E-state index is 0.165. The predicted molar refractivity (Wildman–Crippen MR) is 74.5 cm³/mol. The average molecular weight is 323 g/mol. The fourth-order valence-electron chi connectivity index (χ4n) is 5.43. The maximum Gasteiger partial charge on any atom is 0.265 e. The smallest absolute Gasteiger partial charge is 0.265 e. The van der Waals surface area contributed by atoms with Gasteiger partial charge in [0.2, 0.25) is 0 Å². The molecule has 0 aromatic heterocycles. The zero-order chi connectivity index (χ0) is 15.5. The number of rotatable bonds is 5. The fourth-order valence-corrected chi connectivity index (χ4v) is 6.28. The molecule has 4 saturated carbocycles. The number of halogens is 2. The summed E-state index contributed by atoms with van der Waals surface area (Å²) in [5.74, 6) is -4.00. The molecule has 7 heteroatoms. The van der Waals surface area contributed by atoms with Gasteiger partial charge in [-0.05, 0) is 62.3 Å². The Morgan fingerprint density at radius 2 is 1.76 bits per heavy atom. The van der Waals surface area contributed by atoms with E-state index < -0.39 is 27.9 Å². The summed E-state index contributed by atoms with van der Waals surface area (Å²) in [6, 6.07) is 0. The summed E-state index contributed by atoms with van der Waals surface area (Å²) >= 11 is 0. The first-order valence-corrected chi connectivity index (χ1v) is 9.27. The molecular formula is C14H23F2NO3S. The third kappa shape index (κ3) is 2.84. The number of hydrogen-bond acceptors (Lipinski definition) is 3. The van der Waals surface area contributed by atoms with Gasteiger partial charge in [0.25, 0.3) is 16.0 Å². The second-order valence-electron chi connectivity index (χ2n) is 7.57. The second-order valence-corrected chi connectivity index (χ2v) is 9.07. The van der Waals surface area contributed by atoms with Crippen LogP contribution < -0.4 is 5.73 Å². The average Bonchev–Trinajstić information content (AvgIpc) is 2.32. The lowest BCUT2D eigenvalue weighted by Crippen LogP contribution is -2.57. The first-order valence-electron chi connectivity index (χ1n) is 7.66. The topological polar surface area (TPSA) is 80.4 Å². The van der Waals surface area contributed by atoms with Gasteiger partial charge in [-0.15, -0.1) is 0 Å². The Balaban J connectivity index is 1.77. The van der Waals surface area contributed by atoms with Crippen molar-refractivity contribution in [2.75, 3.05) is 12.3 Å². The lowest BCUT2D eigenvalue weighted by atomic mass is 9.47. The highest BCUT2D eigenvalue weighted by atomic mass is 32.2. The quantitative estimate of drug-likeness (QED) is 0.761. The molecule has 4 bridgehead atoms. The van der Waals surface area contributed by atoms with E-state index in [-0.39, 0.29) is 23.6 Å². The van der Waals surface area contributed by atoms with Gasteiger partial charge in [0.15, 0.2) is 0 Å². The van der Waals surface area contributed by atoms with Gasteiger partial charge in [-0.25, -0.2) is 8.78 Å². The Kier molecular flexibility index (Phi) is 3.62. The van der Waals surface area contributed by atoms with E-state index in [1.165, 1.54) is 0 Å². The van der Waals surface area contributed by atoms with Crippen molar-refractivity contribution in [2.24, 2.45) is 34.8 Å². The van der Waals surface area contributed by atoms with E-state index in [1.54, 1.807) is 0 Å². The van der Waals surface area contributed by atoms with Crippen LogP contribution in [0.5, 0.6) is 0 Å². The zero-order valence-corrected chi connectivity index (χ0v) is 12.8. The second kappa shape index (κ2) is 4.86. The highest BCUT2D eigenvalue weighted by molar-refractivity contribution is 7.85. The summed E-state index contributed by atoms with van der Waals surface area (Å²) in [6.45, 7) is 0.165. The van der Waals surface area contributed by atoms with Crippen LogP contribution in [0.1, 0.15) is 38.5 Å². The molecule has 122 valence electrons. The summed E-state index contributed by atoms with van der Waals surface area (Å²) in [5, 5.41) is 0. The molecule has 4 rings (SSSR count). The van der Waals surface area contributed by atoms with Gasteiger partial charge in [-0.1, -0.05) is 0 Å². The van der Waals surface area contributed by atoms with Crippen LogP contribution >= 0.6 is 0 Å². The highest BCUT2D eigenvalue weighted by Gasteiger charge is 2.63. The third-order valence-corrected chi connectivity index (χ3v) is 6.80. The monoisotopic (exact) mass is 323 g/mol. The van der Waals surface area contributed by atoms with Gasteiger partial charge < -0.3 is 5.73 Å². The zero-order valence-electron chi connectivity index (χ0n) is 12.0. The van der Waals surface area contributed by atoms with Crippen molar-refractivity contribution in [2.45, 2.75) is 44.4 Å². The molecule has 21 heavy (non-hydrogen) atoms. The largest absolute Gasteiger partial charge is 0.330 e. The molecule has 0 heterocycles. The normalized spacial score (nSPS) is 42.2. The first-order chi connectivity index (χ1) is 9.63. The molecule has 3 unspecified atom stereocenters. The van der Waals surface area contributed by atoms with Crippen molar-refractivity contribution in [1.82, 2.24) is 0 Å². The first kappa shape index (κ1) is 15.6. The van der Waals surface area contributed by atoms with E-state index in [0.29, 0.717) is 38.0 Å². The summed E-state index contributed by atoms with van der Waals surface area (Å²) in [7, 11) is -4.07. The van der Waals surface area contributed by atoms with E-state index in [9.17, 15) is 17.2 Å². The van der Waals surface area contributed by atoms with Gasteiger partial charge in [0.1, 0.15) is 0 Å². The highest BCUT2D eigenvalue weighted by Crippen LogP contribution is 2.66. The molecule has 4 nitrogen and oxygen atoms in total. The molecule has 0 aliphatic heterocycles. The number of alkyl halides is 2. The molecule has 0 aromatic rings. The Morgan fingerprint density at radius 3 is 2.24 bits per heavy atom. The number of hydrogen-bond donors (Lipinski definition) is 2. The molecule has 0 aromatic carbocycles. The molecule has 4 aliphatic rings. The fraction of sp³-hybridized carbons (Fsp3) is 1.00. The van der Waals surface area contributed by atoms with Crippen molar-refractivity contribution in [3.05, 3.63) is 0 Å². The van der Waals surface area contributed by atoms with Crippen LogP contribution in [0.4, 0.5) is 8.78 Å². The van der Waals surface area contributed by atoms with Crippen LogP contribution in [-0.4, -0.2) is 31.2 Å². The lowest BCUT2D eigenvalue weighted by molar-refractivity contribution is -0.229. The molecule has 3 N–H and O–H groups in total. The van der Waals surface area contributed by atoms with Crippen LogP contribution in [0.3, 0.4) is 0 Å². The number of nitrogens with two attached hydrogens (primary N) is 1. The molecule has 0 amide bonds. The Bertz CT molecular complexity index is 504. The minimum atomic E-state index is -4.07. The van der Waals surface area contributed by atoms with Gasteiger partial charge >= 0.3 is 0 Å². The summed E-state index contributed by atoms with van der Waals surface area (Å²) in [6.07, 6.45) is 3.64. The van der Waals surface area contributed by atoms with E-state index in [2.05, 4.69) is 0 Å². The van der Waals surface area contributed by atoms with Crippen molar-refractivity contribution in [1.29, 1.82) is 0 Å². The molecule has 4 fully saturated rings. The molecule has 4 aliphatic carbocycles. The maximum absolute atomic E-state index is 14.2. The molecule has 0 saturated heterocycles. The van der Waals surface area contributed by atoms with Crippen LogP contribution in [0.25, 0.3) is 0 Å². The van der Waals surface area contributed by atoms with Gasteiger partial charge in [0, 0.05) is 11.8 Å². The summed E-state index contributed by atoms with van der Waals surface area (Å²) in [5.41, 5.74) is 5.45. The van der Waals surface area contributed by atoms with Crippen molar-refractivity contribution < 1.29 is 21.8 Å². The van der Waals surface area contributed by atoms with Crippen LogP contribution in [0.2, 0.25) is 0 Å². The van der Waals surface area contributed by atoms with E-state index in [1.807, 2.05) is 0 Å². The Labute approximate surface area is 124 Å².